The van der Waals surface area contributed by atoms with Crippen molar-refractivity contribution in [2.45, 2.75) is 32.2 Å². The third-order valence-corrected chi connectivity index (χ3v) is 4.14. The van der Waals surface area contributed by atoms with Crippen molar-refractivity contribution in [3.63, 3.8) is 0 Å². The normalized spacial score (nSPS) is 18.7. The molecule has 21 heavy (non-hydrogen) atoms. The highest BCUT2D eigenvalue weighted by molar-refractivity contribution is 5.87. The van der Waals surface area contributed by atoms with Crippen LogP contribution in [0.25, 0.3) is 0 Å². The van der Waals surface area contributed by atoms with Crippen LogP contribution in [-0.2, 0) is 16.0 Å². The molecule has 1 aliphatic heterocycles. The molecule has 1 aromatic rings. The number of hydrogen-bond acceptors (Lipinski definition) is 3. The third kappa shape index (κ3) is 4.04. The molecule has 1 aromatic carbocycles. The second-order valence-electron chi connectivity index (χ2n) is 5.86. The van der Waals surface area contributed by atoms with Crippen LogP contribution in [0.4, 0.5) is 0 Å². The van der Waals surface area contributed by atoms with E-state index in [4.69, 9.17) is 0 Å². The maximum atomic E-state index is 12.4. The van der Waals surface area contributed by atoms with Gasteiger partial charge in [-0.3, -0.25) is 4.79 Å². The van der Waals surface area contributed by atoms with Crippen LogP contribution < -0.4 is 10.6 Å². The second-order valence-corrected chi connectivity index (χ2v) is 5.86. The van der Waals surface area contributed by atoms with Crippen molar-refractivity contribution in [3.05, 3.63) is 35.9 Å². The van der Waals surface area contributed by atoms with Gasteiger partial charge in [0.2, 0.25) is 5.91 Å². The summed E-state index contributed by atoms with van der Waals surface area (Å²) in [5.41, 5.74) is 0.427. The van der Waals surface area contributed by atoms with Crippen LogP contribution in [0.3, 0.4) is 0 Å². The third-order valence-electron chi connectivity index (χ3n) is 4.14. The van der Waals surface area contributed by atoms with Gasteiger partial charge in [-0.2, -0.15) is 0 Å². The van der Waals surface area contributed by atoms with E-state index in [1.165, 1.54) is 0 Å². The minimum Gasteiger partial charge on any atom is -0.480 e. The largest absolute Gasteiger partial charge is 0.480 e. The minimum absolute atomic E-state index is 0.160. The van der Waals surface area contributed by atoms with Gasteiger partial charge < -0.3 is 15.7 Å². The quantitative estimate of drug-likeness (QED) is 0.761. The van der Waals surface area contributed by atoms with Gasteiger partial charge in [0.15, 0.2) is 0 Å². The number of piperidine rings is 1. The number of nitrogens with one attached hydrogen (secondary N) is 2. The van der Waals surface area contributed by atoms with Crippen LogP contribution in [0.15, 0.2) is 30.3 Å². The molecule has 1 unspecified atom stereocenters. The van der Waals surface area contributed by atoms with E-state index >= 15 is 0 Å². The average Bonchev–Trinajstić information content (AvgIpc) is 2.48. The van der Waals surface area contributed by atoms with Gasteiger partial charge in [-0.1, -0.05) is 37.3 Å². The van der Waals surface area contributed by atoms with Gasteiger partial charge in [0.1, 0.15) is 6.04 Å². The molecule has 0 radical (unpaired) electrons. The molecule has 2 rings (SSSR count). The van der Waals surface area contributed by atoms with Crippen LogP contribution in [0.5, 0.6) is 0 Å². The Kier molecular flexibility index (Phi) is 4.96. The van der Waals surface area contributed by atoms with E-state index in [9.17, 15) is 14.7 Å². The molecule has 1 heterocycles. The fraction of sp³-hybridized carbons (Fsp3) is 0.500. The molecule has 1 amide bonds. The number of hydrogen-bond donors (Lipinski definition) is 3. The number of rotatable bonds is 5. The summed E-state index contributed by atoms with van der Waals surface area (Å²) in [5.74, 6) is -1.16. The molecule has 1 saturated heterocycles. The topological polar surface area (TPSA) is 78.4 Å². The lowest BCUT2D eigenvalue weighted by Gasteiger charge is -2.33. The second kappa shape index (κ2) is 6.72. The van der Waals surface area contributed by atoms with Gasteiger partial charge >= 0.3 is 5.97 Å². The summed E-state index contributed by atoms with van der Waals surface area (Å²) in [7, 11) is 0. The first-order chi connectivity index (χ1) is 10.0. The van der Waals surface area contributed by atoms with E-state index in [1.54, 1.807) is 0 Å². The number of carboxylic acid groups (broad SMARTS) is 1. The Bertz CT molecular complexity index is 496. The molecule has 0 saturated carbocycles. The molecule has 1 fully saturated rings. The smallest absolute Gasteiger partial charge is 0.326 e. The van der Waals surface area contributed by atoms with Crippen LogP contribution in [0, 0.1) is 5.41 Å². The van der Waals surface area contributed by atoms with Crippen molar-refractivity contribution in [1.29, 1.82) is 0 Å². The number of benzene rings is 1. The minimum atomic E-state index is -0.996. The van der Waals surface area contributed by atoms with E-state index < -0.39 is 17.4 Å². The van der Waals surface area contributed by atoms with Crippen molar-refractivity contribution in [3.8, 4) is 0 Å². The zero-order valence-corrected chi connectivity index (χ0v) is 12.3. The lowest BCUT2D eigenvalue weighted by molar-refractivity contribution is -0.144. The fourth-order valence-electron chi connectivity index (χ4n) is 2.59. The molecule has 0 spiro atoms. The molecular weight excluding hydrogens is 268 g/mol. The van der Waals surface area contributed by atoms with Crippen molar-refractivity contribution in [2.24, 2.45) is 5.41 Å². The molecule has 5 heteroatoms. The Morgan fingerprint density at radius 3 is 2.48 bits per heavy atom. The number of aliphatic carboxylic acids is 1. The van der Waals surface area contributed by atoms with Gasteiger partial charge in [-0.25, -0.2) is 4.79 Å². The summed E-state index contributed by atoms with van der Waals surface area (Å²) in [6.07, 6.45) is 1.77. The van der Waals surface area contributed by atoms with Crippen molar-refractivity contribution >= 4 is 11.9 Å². The van der Waals surface area contributed by atoms with E-state index in [-0.39, 0.29) is 5.91 Å². The van der Waals surface area contributed by atoms with Crippen molar-refractivity contribution in [1.82, 2.24) is 10.6 Å². The zero-order chi connectivity index (χ0) is 15.3. The number of carboxylic acids is 1. The Labute approximate surface area is 124 Å². The Hall–Kier alpha value is -1.88. The number of amides is 1. The summed E-state index contributed by atoms with van der Waals surface area (Å²) in [4.78, 5) is 23.8. The first kappa shape index (κ1) is 15.5. The highest BCUT2D eigenvalue weighted by Crippen LogP contribution is 2.28. The molecule has 1 aliphatic rings. The lowest BCUT2D eigenvalue weighted by atomic mass is 9.80. The summed E-state index contributed by atoms with van der Waals surface area (Å²) < 4.78 is 0. The van der Waals surface area contributed by atoms with Crippen LogP contribution in [0.2, 0.25) is 0 Å². The Morgan fingerprint density at radius 1 is 1.29 bits per heavy atom. The summed E-state index contributed by atoms with van der Waals surface area (Å²) in [6, 6.07) is 8.47. The SMILES string of the molecule is CC1(C(=O)NC(Cc2ccccc2)C(=O)O)CCNCC1. The maximum Gasteiger partial charge on any atom is 0.326 e. The van der Waals surface area contributed by atoms with Gasteiger partial charge in [-0.15, -0.1) is 0 Å². The van der Waals surface area contributed by atoms with Crippen LogP contribution in [0.1, 0.15) is 25.3 Å². The molecule has 1 atom stereocenters. The van der Waals surface area contributed by atoms with E-state index in [1.807, 2.05) is 37.3 Å². The predicted octanol–water partition coefficient (Wildman–Crippen LogP) is 1.19. The van der Waals surface area contributed by atoms with Gasteiger partial charge in [-0.05, 0) is 31.5 Å². The highest BCUT2D eigenvalue weighted by Gasteiger charge is 2.36. The zero-order valence-electron chi connectivity index (χ0n) is 12.3. The monoisotopic (exact) mass is 290 g/mol. The summed E-state index contributed by atoms with van der Waals surface area (Å²) >= 11 is 0. The van der Waals surface area contributed by atoms with Crippen molar-refractivity contribution < 1.29 is 14.7 Å². The molecule has 3 N–H and O–H groups in total. The molecule has 0 aliphatic carbocycles. The summed E-state index contributed by atoms with van der Waals surface area (Å²) in [6.45, 7) is 3.49. The first-order valence-electron chi connectivity index (χ1n) is 7.30. The van der Waals surface area contributed by atoms with E-state index in [0.29, 0.717) is 6.42 Å². The predicted molar refractivity (Wildman–Crippen MR) is 79.9 cm³/mol. The lowest BCUT2D eigenvalue weighted by Crippen LogP contribution is -2.51. The average molecular weight is 290 g/mol. The Morgan fingerprint density at radius 2 is 1.90 bits per heavy atom. The van der Waals surface area contributed by atoms with Gasteiger partial charge in [0.05, 0.1) is 0 Å². The van der Waals surface area contributed by atoms with Crippen molar-refractivity contribution in [2.75, 3.05) is 13.1 Å². The van der Waals surface area contributed by atoms with Crippen LogP contribution >= 0.6 is 0 Å². The first-order valence-corrected chi connectivity index (χ1v) is 7.30. The van der Waals surface area contributed by atoms with E-state index in [2.05, 4.69) is 10.6 Å². The van der Waals surface area contributed by atoms with Crippen LogP contribution in [-0.4, -0.2) is 36.1 Å². The molecule has 0 bridgehead atoms. The Balaban J connectivity index is 2.02. The highest BCUT2D eigenvalue weighted by atomic mass is 16.4. The van der Waals surface area contributed by atoms with Gasteiger partial charge in [0, 0.05) is 11.8 Å². The van der Waals surface area contributed by atoms with Gasteiger partial charge in [0.25, 0.3) is 0 Å². The maximum absolute atomic E-state index is 12.4. The molecule has 5 nitrogen and oxygen atoms in total. The number of carbonyl (C=O) groups excluding carboxylic acids is 1. The molecule has 114 valence electrons. The molecule has 0 aromatic heterocycles. The standard InChI is InChI=1S/C16H22N2O3/c1-16(7-9-17-10-8-16)15(21)18-13(14(19)20)11-12-5-3-2-4-6-12/h2-6,13,17H,7-11H2,1H3,(H,18,21)(H,19,20). The number of carbonyl (C=O) groups is 2. The fourth-order valence-corrected chi connectivity index (χ4v) is 2.59. The summed E-state index contributed by atoms with van der Waals surface area (Å²) in [5, 5.41) is 15.3. The molecular formula is C16H22N2O3. The van der Waals surface area contributed by atoms with E-state index in [0.717, 1.165) is 31.5 Å².